The molecule has 1 aliphatic carbocycles. The number of hydrogen-bond acceptors (Lipinski definition) is 1. The number of halogens is 1. The largest absolute Gasteiger partial charge is 0.328 e. The molecule has 1 aromatic rings. The highest BCUT2D eigenvalue weighted by atomic mass is 79.9. The van der Waals surface area contributed by atoms with Gasteiger partial charge in [-0.05, 0) is 42.9 Å². The van der Waals surface area contributed by atoms with Gasteiger partial charge in [0.15, 0.2) is 0 Å². The summed E-state index contributed by atoms with van der Waals surface area (Å²) in [5, 5.41) is 0. The van der Waals surface area contributed by atoms with Crippen molar-refractivity contribution in [2.24, 2.45) is 11.7 Å². The second kappa shape index (κ2) is 3.43. The van der Waals surface area contributed by atoms with Gasteiger partial charge in [0.1, 0.15) is 0 Å². The summed E-state index contributed by atoms with van der Waals surface area (Å²) in [7, 11) is 0. The fraction of sp³-hybridized carbons (Fsp3) is 0.455. The lowest BCUT2D eigenvalue weighted by Crippen LogP contribution is -2.17. The van der Waals surface area contributed by atoms with Gasteiger partial charge in [-0.25, -0.2) is 0 Å². The molecule has 0 spiro atoms. The zero-order chi connectivity index (χ0) is 9.42. The maximum atomic E-state index is 5.85. The topological polar surface area (TPSA) is 26.0 Å². The van der Waals surface area contributed by atoms with Crippen LogP contribution < -0.4 is 5.73 Å². The molecular weight excluding hydrogens is 226 g/mol. The molecule has 1 saturated carbocycles. The van der Waals surface area contributed by atoms with Crippen LogP contribution in [0.25, 0.3) is 0 Å². The molecule has 1 aromatic carbocycles. The van der Waals surface area contributed by atoms with E-state index in [1.54, 1.807) is 0 Å². The van der Waals surface area contributed by atoms with E-state index in [1.807, 2.05) is 0 Å². The summed E-state index contributed by atoms with van der Waals surface area (Å²) >= 11 is 3.43. The number of nitrogens with two attached hydrogens (primary N) is 1. The highest BCUT2D eigenvalue weighted by Gasteiger charge is 2.40. The normalized spacial score (nSPS) is 28.5. The Bertz CT molecular complexity index is 291. The molecule has 0 unspecified atom stereocenters. The molecule has 0 saturated heterocycles. The third-order valence-electron chi connectivity index (χ3n) is 2.81. The van der Waals surface area contributed by atoms with Crippen LogP contribution in [0.2, 0.25) is 0 Å². The predicted octanol–water partition coefficient (Wildman–Crippen LogP) is 2.90. The van der Waals surface area contributed by atoms with E-state index in [2.05, 4.69) is 47.1 Å². The summed E-state index contributed by atoms with van der Waals surface area (Å²) in [5.74, 6) is 1.43. The SMILES string of the molecule is C[C@H](N)[C@@H]1C[C@@H]1c1ccc(Br)cc1. The lowest BCUT2D eigenvalue weighted by atomic mass is 10.1. The van der Waals surface area contributed by atoms with Crippen molar-refractivity contribution in [3.8, 4) is 0 Å². The van der Waals surface area contributed by atoms with Crippen molar-refractivity contribution in [3.05, 3.63) is 34.3 Å². The molecule has 1 nitrogen and oxygen atoms in total. The first kappa shape index (κ1) is 9.22. The van der Waals surface area contributed by atoms with Gasteiger partial charge in [0.05, 0.1) is 0 Å². The van der Waals surface area contributed by atoms with Crippen molar-refractivity contribution in [2.75, 3.05) is 0 Å². The van der Waals surface area contributed by atoms with Gasteiger partial charge < -0.3 is 5.73 Å². The van der Waals surface area contributed by atoms with Gasteiger partial charge in [-0.3, -0.25) is 0 Å². The summed E-state index contributed by atoms with van der Waals surface area (Å²) in [5.41, 5.74) is 7.28. The standard InChI is InChI=1S/C11H14BrN/c1-7(13)10-6-11(10)8-2-4-9(12)5-3-8/h2-5,7,10-11H,6,13H2,1H3/t7-,10-,11+/m0/s1. The fourth-order valence-electron chi connectivity index (χ4n) is 1.89. The molecule has 1 aliphatic rings. The fourth-order valence-corrected chi connectivity index (χ4v) is 2.15. The molecule has 2 N–H and O–H groups in total. The molecule has 13 heavy (non-hydrogen) atoms. The Morgan fingerprint density at radius 1 is 1.38 bits per heavy atom. The zero-order valence-electron chi connectivity index (χ0n) is 7.70. The van der Waals surface area contributed by atoms with Crippen molar-refractivity contribution < 1.29 is 0 Å². The Balaban J connectivity index is 2.08. The second-order valence-electron chi connectivity index (χ2n) is 3.92. The van der Waals surface area contributed by atoms with Gasteiger partial charge in [0.25, 0.3) is 0 Å². The van der Waals surface area contributed by atoms with Crippen molar-refractivity contribution in [2.45, 2.75) is 25.3 Å². The van der Waals surface area contributed by atoms with E-state index in [1.165, 1.54) is 12.0 Å². The van der Waals surface area contributed by atoms with Gasteiger partial charge in [-0.2, -0.15) is 0 Å². The van der Waals surface area contributed by atoms with Crippen LogP contribution in [-0.4, -0.2) is 6.04 Å². The van der Waals surface area contributed by atoms with Gasteiger partial charge >= 0.3 is 0 Å². The van der Waals surface area contributed by atoms with Crippen LogP contribution in [-0.2, 0) is 0 Å². The van der Waals surface area contributed by atoms with Crippen LogP contribution in [0.4, 0.5) is 0 Å². The van der Waals surface area contributed by atoms with Crippen LogP contribution >= 0.6 is 15.9 Å². The van der Waals surface area contributed by atoms with E-state index in [0.29, 0.717) is 17.9 Å². The molecular formula is C11H14BrN. The Kier molecular flexibility index (Phi) is 2.43. The quantitative estimate of drug-likeness (QED) is 0.845. The summed E-state index contributed by atoms with van der Waals surface area (Å²) in [6.07, 6.45) is 1.26. The monoisotopic (exact) mass is 239 g/mol. The Morgan fingerprint density at radius 3 is 2.46 bits per heavy atom. The van der Waals surface area contributed by atoms with Crippen LogP contribution in [0.5, 0.6) is 0 Å². The van der Waals surface area contributed by atoms with E-state index in [-0.39, 0.29) is 0 Å². The van der Waals surface area contributed by atoms with Crippen LogP contribution in [0.3, 0.4) is 0 Å². The highest BCUT2D eigenvalue weighted by molar-refractivity contribution is 9.10. The van der Waals surface area contributed by atoms with Crippen LogP contribution in [0.1, 0.15) is 24.8 Å². The lowest BCUT2D eigenvalue weighted by Gasteiger charge is -2.03. The van der Waals surface area contributed by atoms with Crippen LogP contribution in [0.15, 0.2) is 28.7 Å². The van der Waals surface area contributed by atoms with E-state index < -0.39 is 0 Å². The Labute approximate surface area is 87.5 Å². The minimum absolute atomic E-state index is 0.341. The maximum Gasteiger partial charge on any atom is 0.0175 e. The molecule has 0 aliphatic heterocycles. The maximum absolute atomic E-state index is 5.85. The van der Waals surface area contributed by atoms with E-state index in [9.17, 15) is 0 Å². The number of hydrogen-bond donors (Lipinski definition) is 1. The summed E-state index contributed by atoms with van der Waals surface area (Å²) in [6, 6.07) is 8.93. The van der Waals surface area contributed by atoms with E-state index in [4.69, 9.17) is 5.73 Å². The predicted molar refractivity (Wildman–Crippen MR) is 58.6 cm³/mol. The number of benzene rings is 1. The minimum Gasteiger partial charge on any atom is -0.328 e. The summed E-state index contributed by atoms with van der Waals surface area (Å²) < 4.78 is 1.15. The van der Waals surface area contributed by atoms with Gasteiger partial charge in [-0.1, -0.05) is 28.1 Å². The Morgan fingerprint density at radius 2 is 2.00 bits per heavy atom. The molecule has 1 fully saturated rings. The molecule has 0 radical (unpaired) electrons. The average Bonchev–Trinajstić information content (AvgIpc) is 2.85. The van der Waals surface area contributed by atoms with Crippen molar-refractivity contribution in [3.63, 3.8) is 0 Å². The summed E-state index contributed by atoms with van der Waals surface area (Å²) in [6.45, 7) is 2.10. The molecule has 0 bridgehead atoms. The molecule has 0 aromatic heterocycles. The first-order valence-electron chi connectivity index (χ1n) is 4.69. The molecule has 3 atom stereocenters. The second-order valence-corrected chi connectivity index (χ2v) is 4.83. The number of rotatable bonds is 2. The van der Waals surface area contributed by atoms with E-state index >= 15 is 0 Å². The third kappa shape index (κ3) is 1.94. The molecule has 0 heterocycles. The van der Waals surface area contributed by atoms with Gasteiger partial charge in [0, 0.05) is 10.5 Å². The minimum atomic E-state index is 0.341. The van der Waals surface area contributed by atoms with Crippen molar-refractivity contribution in [1.82, 2.24) is 0 Å². The average molecular weight is 240 g/mol. The third-order valence-corrected chi connectivity index (χ3v) is 3.34. The first-order valence-corrected chi connectivity index (χ1v) is 5.49. The first-order chi connectivity index (χ1) is 6.18. The Hall–Kier alpha value is -0.340. The van der Waals surface area contributed by atoms with Gasteiger partial charge in [0.2, 0.25) is 0 Å². The smallest absolute Gasteiger partial charge is 0.0175 e. The van der Waals surface area contributed by atoms with Crippen molar-refractivity contribution >= 4 is 15.9 Å². The van der Waals surface area contributed by atoms with Crippen LogP contribution in [0, 0.1) is 5.92 Å². The molecule has 2 heteroatoms. The molecule has 2 rings (SSSR count). The van der Waals surface area contributed by atoms with Gasteiger partial charge in [-0.15, -0.1) is 0 Å². The van der Waals surface area contributed by atoms with E-state index in [0.717, 1.165) is 4.47 Å². The van der Waals surface area contributed by atoms with Crippen molar-refractivity contribution in [1.29, 1.82) is 0 Å². The molecule has 0 amide bonds. The lowest BCUT2D eigenvalue weighted by molar-refractivity contribution is 0.631. The molecule has 70 valence electrons. The zero-order valence-corrected chi connectivity index (χ0v) is 9.29. The highest BCUT2D eigenvalue weighted by Crippen LogP contribution is 2.48. The summed E-state index contributed by atoms with van der Waals surface area (Å²) in [4.78, 5) is 0.